The zero-order valence-electron chi connectivity index (χ0n) is 13.4. The van der Waals surface area contributed by atoms with Crippen LogP contribution in [-0.2, 0) is 0 Å². The van der Waals surface area contributed by atoms with Gasteiger partial charge in [0.2, 0.25) is 0 Å². The van der Waals surface area contributed by atoms with E-state index in [4.69, 9.17) is 0 Å². The lowest BCUT2D eigenvalue weighted by atomic mass is 10.1. The molecule has 1 aliphatic heterocycles. The average molecular weight is 344 g/mol. The van der Waals surface area contributed by atoms with E-state index in [-0.39, 0.29) is 10.9 Å². The number of amides is 4. The molecular formula is C15H19F3N4O2. The number of urea groups is 2. The maximum atomic E-state index is 12.7. The minimum Gasteiger partial charge on any atom is -0.304 e. The van der Waals surface area contributed by atoms with Gasteiger partial charge in [-0.3, -0.25) is 5.32 Å². The van der Waals surface area contributed by atoms with Crippen molar-refractivity contribution >= 4 is 12.1 Å². The number of hydrogen-bond acceptors (Lipinski definition) is 3. The molecule has 1 fully saturated rings. The van der Waals surface area contributed by atoms with Gasteiger partial charge < -0.3 is 10.6 Å². The Kier molecular flexibility index (Phi) is 5.02. The monoisotopic (exact) mass is 344 g/mol. The molecule has 0 aliphatic carbocycles. The first-order chi connectivity index (χ1) is 11.1. The molecule has 132 valence electrons. The van der Waals surface area contributed by atoms with Crippen LogP contribution < -0.4 is 16.0 Å². The van der Waals surface area contributed by atoms with E-state index in [1.54, 1.807) is 0 Å². The van der Waals surface area contributed by atoms with Gasteiger partial charge in [-0.15, -0.1) is 0 Å². The number of imide groups is 1. The predicted molar refractivity (Wildman–Crippen MR) is 80.9 cm³/mol. The number of alkyl halides is 3. The van der Waals surface area contributed by atoms with Crippen molar-refractivity contribution in [3.05, 3.63) is 35.4 Å². The molecule has 0 unspecified atom stereocenters. The standard InChI is InChI=1S/C15H19F3N4O2/c1-8-5-4-6-11(7-8)9(2)19-12-20-13(23)22(14(24)21-12)10(3)15(16,17)18/h4-7,9-10,12,19H,1-3H3,(H,20,23)(H,21,24)/t9-,10-/m0/s1. The van der Waals surface area contributed by atoms with Gasteiger partial charge in [0, 0.05) is 6.04 Å². The summed E-state index contributed by atoms with van der Waals surface area (Å²) in [4.78, 5) is 23.9. The van der Waals surface area contributed by atoms with Gasteiger partial charge in [0.25, 0.3) is 0 Å². The Morgan fingerprint density at radius 3 is 2.25 bits per heavy atom. The van der Waals surface area contributed by atoms with Crippen molar-refractivity contribution in [2.24, 2.45) is 0 Å². The molecule has 2 rings (SSSR count). The normalized spacial score (nSPS) is 18.8. The molecule has 0 saturated carbocycles. The molecule has 1 aromatic rings. The molecule has 3 N–H and O–H groups in total. The molecule has 0 aromatic heterocycles. The van der Waals surface area contributed by atoms with E-state index in [0.717, 1.165) is 18.1 Å². The molecule has 1 aromatic carbocycles. The molecule has 0 spiro atoms. The fraction of sp³-hybridized carbons (Fsp3) is 0.467. The van der Waals surface area contributed by atoms with E-state index in [0.29, 0.717) is 0 Å². The Balaban J connectivity index is 2.04. The Morgan fingerprint density at radius 2 is 1.75 bits per heavy atom. The van der Waals surface area contributed by atoms with Crippen molar-refractivity contribution in [3.8, 4) is 0 Å². The van der Waals surface area contributed by atoms with E-state index in [1.807, 2.05) is 38.1 Å². The van der Waals surface area contributed by atoms with Gasteiger partial charge in [0.1, 0.15) is 6.04 Å². The fourth-order valence-corrected chi connectivity index (χ4v) is 2.38. The highest BCUT2D eigenvalue weighted by atomic mass is 19.4. The van der Waals surface area contributed by atoms with Crippen molar-refractivity contribution in [3.63, 3.8) is 0 Å². The summed E-state index contributed by atoms with van der Waals surface area (Å²) in [5, 5.41) is 7.57. The Morgan fingerprint density at radius 1 is 1.17 bits per heavy atom. The van der Waals surface area contributed by atoms with Crippen LogP contribution in [0.4, 0.5) is 22.8 Å². The molecule has 24 heavy (non-hydrogen) atoms. The van der Waals surface area contributed by atoms with Gasteiger partial charge in [0.05, 0.1) is 0 Å². The second-order valence-corrected chi connectivity index (χ2v) is 5.72. The number of nitrogens with one attached hydrogen (secondary N) is 3. The van der Waals surface area contributed by atoms with Crippen LogP contribution in [0.1, 0.15) is 31.0 Å². The molecule has 6 nitrogen and oxygen atoms in total. The molecule has 0 bridgehead atoms. The zero-order valence-corrected chi connectivity index (χ0v) is 13.4. The van der Waals surface area contributed by atoms with E-state index in [2.05, 4.69) is 16.0 Å². The van der Waals surface area contributed by atoms with Crippen molar-refractivity contribution in [1.29, 1.82) is 0 Å². The van der Waals surface area contributed by atoms with Crippen molar-refractivity contribution < 1.29 is 22.8 Å². The van der Waals surface area contributed by atoms with Crippen LogP contribution in [-0.4, -0.2) is 35.5 Å². The molecule has 1 heterocycles. The van der Waals surface area contributed by atoms with Gasteiger partial charge in [-0.2, -0.15) is 13.2 Å². The topological polar surface area (TPSA) is 73.5 Å². The number of carbonyl (C=O) groups excluding carboxylic acids is 2. The summed E-state index contributed by atoms with van der Waals surface area (Å²) in [6.07, 6.45) is -5.65. The molecular weight excluding hydrogens is 325 g/mol. The third kappa shape index (κ3) is 3.97. The van der Waals surface area contributed by atoms with Crippen molar-refractivity contribution in [1.82, 2.24) is 20.9 Å². The number of halogens is 3. The molecule has 9 heteroatoms. The van der Waals surface area contributed by atoms with Crippen molar-refractivity contribution in [2.45, 2.75) is 45.3 Å². The smallest absolute Gasteiger partial charge is 0.304 e. The van der Waals surface area contributed by atoms with Crippen LogP contribution in [0.3, 0.4) is 0 Å². The van der Waals surface area contributed by atoms with Gasteiger partial charge >= 0.3 is 18.2 Å². The van der Waals surface area contributed by atoms with Gasteiger partial charge in [-0.25, -0.2) is 14.5 Å². The molecule has 4 amide bonds. The minimum atomic E-state index is -4.69. The number of hydrogen-bond donors (Lipinski definition) is 3. The van der Waals surface area contributed by atoms with Crippen LogP contribution in [0.25, 0.3) is 0 Å². The van der Waals surface area contributed by atoms with E-state index < -0.39 is 30.6 Å². The molecule has 0 radical (unpaired) electrons. The van der Waals surface area contributed by atoms with E-state index >= 15 is 0 Å². The van der Waals surface area contributed by atoms with Crippen LogP contribution in [0.2, 0.25) is 0 Å². The Labute approximate surface area is 137 Å². The average Bonchev–Trinajstić information content (AvgIpc) is 2.45. The number of nitrogens with zero attached hydrogens (tertiary/aromatic N) is 1. The Hall–Kier alpha value is -2.29. The lowest BCUT2D eigenvalue weighted by Crippen LogP contribution is -2.70. The summed E-state index contributed by atoms with van der Waals surface area (Å²) in [6.45, 7) is 4.50. The summed E-state index contributed by atoms with van der Waals surface area (Å²) in [5.41, 5.74) is 1.97. The predicted octanol–water partition coefficient (Wildman–Crippen LogP) is 2.61. The second-order valence-electron chi connectivity index (χ2n) is 5.72. The first-order valence-corrected chi connectivity index (χ1v) is 7.39. The summed E-state index contributed by atoms with van der Waals surface area (Å²) >= 11 is 0. The number of rotatable bonds is 4. The largest absolute Gasteiger partial charge is 0.409 e. The third-order valence-corrected chi connectivity index (χ3v) is 3.79. The lowest BCUT2D eigenvalue weighted by Gasteiger charge is -2.37. The summed E-state index contributed by atoms with van der Waals surface area (Å²) in [7, 11) is 0. The Bertz CT molecular complexity index is 617. The minimum absolute atomic E-state index is 0.121. The van der Waals surface area contributed by atoms with E-state index in [1.165, 1.54) is 0 Å². The van der Waals surface area contributed by atoms with Gasteiger partial charge in [0.15, 0.2) is 6.29 Å². The van der Waals surface area contributed by atoms with E-state index in [9.17, 15) is 22.8 Å². The SMILES string of the molecule is Cc1cccc([C@H](C)NC2NC(=O)N([C@@H](C)C(F)(F)F)C(=O)N2)c1. The lowest BCUT2D eigenvalue weighted by molar-refractivity contribution is -0.166. The number of carbonyl (C=O) groups is 2. The van der Waals surface area contributed by atoms with Crippen molar-refractivity contribution in [2.75, 3.05) is 0 Å². The number of benzene rings is 1. The first-order valence-electron chi connectivity index (χ1n) is 7.39. The van der Waals surface area contributed by atoms with Crippen LogP contribution in [0.5, 0.6) is 0 Å². The highest BCUT2D eigenvalue weighted by Crippen LogP contribution is 2.25. The maximum absolute atomic E-state index is 12.7. The number of aryl methyl sites for hydroxylation is 1. The van der Waals surface area contributed by atoms with Crippen LogP contribution >= 0.6 is 0 Å². The maximum Gasteiger partial charge on any atom is 0.409 e. The summed E-state index contributed by atoms with van der Waals surface area (Å²) in [5.74, 6) is 0. The quantitative estimate of drug-likeness (QED) is 0.786. The fourth-order valence-electron chi connectivity index (χ4n) is 2.38. The molecule has 1 saturated heterocycles. The van der Waals surface area contributed by atoms with Gasteiger partial charge in [-0.05, 0) is 26.3 Å². The van der Waals surface area contributed by atoms with Crippen LogP contribution in [0.15, 0.2) is 24.3 Å². The first kappa shape index (κ1) is 18.1. The zero-order chi connectivity index (χ0) is 18.1. The van der Waals surface area contributed by atoms with Gasteiger partial charge in [-0.1, -0.05) is 29.8 Å². The highest BCUT2D eigenvalue weighted by Gasteiger charge is 2.47. The van der Waals surface area contributed by atoms with Crippen LogP contribution in [0, 0.1) is 6.92 Å². The summed E-state index contributed by atoms with van der Waals surface area (Å²) in [6, 6.07) is 2.95. The highest BCUT2D eigenvalue weighted by molar-refractivity contribution is 5.96. The molecule has 1 aliphatic rings. The third-order valence-electron chi connectivity index (χ3n) is 3.79. The summed E-state index contributed by atoms with van der Waals surface area (Å²) < 4.78 is 38.2. The second kappa shape index (κ2) is 6.68. The molecule has 2 atom stereocenters.